The molecule has 1 unspecified atom stereocenters. The molecule has 0 saturated carbocycles. The number of carbonyl (C=O) groups is 3. The van der Waals surface area contributed by atoms with Crippen LogP contribution in [0.2, 0.25) is 0 Å². The first-order valence-electron chi connectivity index (χ1n) is 10.9. The molecule has 0 bridgehead atoms. The van der Waals surface area contributed by atoms with Gasteiger partial charge in [-0.2, -0.15) is 0 Å². The highest BCUT2D eigenvalue weighted by molar-refractivity contribution is 5.83. The highest BCUT2D eigenvalue weighted by Gasteiger charge is 2.23. The topological polar surface area (TPSA) is 128 Å². The van der Waals surface area contributed by atoms with Gasteiger partial charge in [0.15, 0.2) is 11.9 Å². The zero-order valence-corrected chi connectivity index (χ0v) is 18.1. The number of hydrogen-bond donors (Lipinski definition) is 2. The number of cyclic esters (lactones) is 1. The van der Waals surface area contributed by atoms with E-state index in [0.717, 1.165) is 32.1 Å². The molecule has 1 aliphatic rings. The highest BCUT2D eigenvalue weighted by atomic mass is 16.5. The fraction of sp³-hybridized carbons (Fsp3) is 0.800. The van der Waals surface area contributed by atoms with Crippen LogP contribution in [0.4, 0.5) is 0 Å². The minimum absolute atomic E-state index is 0.0353. The second-order valence-corrected chi connectivity index (χ2v) is 8.12. The Labute approximate surface area is 177 Å². The molecule has 0 radical (unpaired) electrons. The van der Waals surface area contributed by atoms with Crippen molar-refractivity contribution in [2.45, 2.75) is 90.8 Å². The molecule has 0 aliphatic carbocycles. The lowest BCUT2D eigenvalue weighted by atomic mass is 10.1. The minimum Gasteiger partial charge on any atom is -0.452 e. The second-order valence-electron chi connectivity index (χ2n) is 8.12. The molecule has 2 heterocycles. The second kappa shape index (κ2) is 12.9. The maximum absolute atomic E-state index is 12.4. The zero-order valence-electron chi connectivity index (χ0n) is 18.1. The molecule has 168 valence electrons. The maximum atomic E-state index is 12.4. The third-order valence-corrected chi connectivity index (χ3v) is 4.93. The van der Waals surface area contributed by atoms with Crippen LogP contribution in [0, 0.1) is 5.92 Å². The molecule has 30 heavy (non-hydrogen) atoms. The largest absolute Gasteiger partial charge is 0.452 e. The van der Waals surface area contributed by atoms with E-state index in [1.165, 1.54) is 0 Å². The van der Waals surface area contributed by atoms with Crippen molar-refractivity contribution in [2.24, 2.45) is 5.92 Å². The lowest BCUT2D eigenvalue weighted by Gasteiger charge is -2.19. The first-order valence-corrected chi connectivity index (χ1v) is 10.9. The van der Waals surface area contributed by atoms with Crippen molar-refractivity contribution < 1.29 is 19.1 Å². The predicted molar refractivity (Wildman–Crippen MR) is 109 cm³/mol. The van der Waals surface area contributed by atoms with E-state index in [-0.39, 0.29) is 30.1 Å². The van der Waals surface area contributed by atoms with E-state index in [1.807, 2.05) is 13.8 Å². The van der Waals surface area contributed by atoms with Crippen molar-refractivity contribution in [3.8, 4) is 0 Å². The van der Waals surface area contributed by atoms with E-state index in [9.17, 15) is 14.4 Å². The average Bonchev–Trinajstić information content (AvgIpc) is 3.14. The molecule has 10 heteroatoms. The van der Waals surface area contributed by atoms with Gasteiger partial charge in [-0.1, -0.05) is 26.7 Å². The van der Waals surface area contributed by atoms with Gasteiger partial charge in [-0.05, 0) is 48.4 Å². The number of carbonyl (C=O) groups excluding carboxylic acids is 3. The summed E-state index contributed by atoms with van der Waals surface area (Å²) in [5.74, 6) is 0.248. The Kier molecular flexibility index (Phi) is 10.2. The van der Waals surface area contributed by atoms with Crippen molar-refractivity contribution in [2.75, 3.05) is 6.54 Å². The number of ether oxygens (including phenoxy) is 1. The molecule has 0 saturated heterocycles. The summed E-state index contributed by atoms with van der Waals surface area (Å²) in [6.07, 6.45) is 5.04. The monoisotopic (exact) mass is 422 g/mol. The van der Waals surface area contributed by atoms with Gasteiger partial charge in [0, 0.05) is 25.9 Å². The molecule has 0 spiro atoms. The van der Waals surface area contributed by atoms with E-state index >= 15 is 0 Å². The van der Waals surface area contributed by atoms with Gasteiger partial charge < -0.3 is 15.4 Å². The molecular weight excluding hydrogens is 388 g/mol. The van der Waals surface area contributed by atoms with Crippen LogP contribution in [-0.4, -0.2) is 50.6 Å². The van der Waals surface area contributed by atoms with E-state index in [2.05, 4.69) is 26.2 Å². The van der Waals surface area contributed by atoms with Gasteiger partial charge in [0.1, 0.15) is 0 Å². The number of rotatable bonds is 2. The summed E-state index contributed by atoms with van der Waals surface area (Å²) in [4.78, 5) is 36.7. The van der Waals surface area contributed by atoms with E-state index in [4.69, 9.17) is 4.74 Å². The highest BCUT2D eigenvalue weighted by Crippen LogP contribution is 2.12. The van der Waals surface area contributed by atoms with E-state index < -0.39 is 6.10 Å². The summed E-state index contributed by atoms with van der Waals surface area (Å²) in [5.41, 5.74) is 0. The normalized spacial score (nSPS) is 21.3. The molecule has 2 amide bonds. The number of amides is 2. The predicted octanol–water partition coefficient (Wildman–Crippen LogP) is 1.50. The van der Waals surface area contributed by atoms with E-state index in [0.29, 0.717) is 44.7 Å². The number of nitrogens with zero attached hydrogens (tertiary/aromatic N) is 4. The van der Waals surface area contributed by atoms with Crippen molar-refractivity contribution in [3.05, 3.63) is 5.82 Å². The van der Waals surface area contributed by atoms with Gasteiger partial charge in [0.2, 0.25) is 5.91 Å². The quantitative estimate of drug-likeness (QED) is 0.691. The molecule has 1 aromatic rings. The summed E-state index contributed by atoms with van der Waals surface area (Å²) in [6, 6.07) is 0. The Hall–Kier alpha value is -2.52. The first-order chi connectivity index (χ1) is 14.5. The third-order valence-electron chi connectivity index (χ3n) is 4.93. The van der Waals surface area contributed by atoms with Gasteiger partial charge in [0.25, 0.3) is 5.91 Å². The van der Waals surface area contributed by atoms with Crippen molar-refractivity contribution in [1.82, 2.24) is 30.8 Å². The molecule has 2 N–H and O–H groups in total. The van der Waals surface area contributed by atoms with Crippen molar-refractivity contribution in [3.63, 3.8) is 0 Å². The Balaban J connectivity index is 1.94. The summed E-state index contributed by atoms with van der Waals surface area (Å²) >= 11 is 0. The fourth-order valence-corrected chi connectivity index (χ4v) is 3.26. The number of aromatic nitrogens is 4. The average molecular weight is 423 g/mol. The SMILES string of the molecule is CC(C)CC1OC(=O)CCCCCn2nnnc2CNC(=O)CCCCCNC1=O. The molecule has 1 aliphatic heterocycles. The van der Waals surface area contributed by atoms with Crippen LogP contribution in [0.3, 0.4) is 0 Å². The summed E-state index contributed by atoms with van der Waals surface area (Å²) in [7, 11) is 0. The number of hydrogen-bond acceptors (Lipinski definition) is 7. The molecule has 2 rings (SSSR count). The third kappa shape index (κ3) is 8.87. The Bertz CT molecular complexity index is 691. The fourth-order valence-electron chi connectivity index (χ4n) is 3.26. The lowest BCUT2D eigenvalue weighted by molar-refractivity contribution is -0.157. The minimum atomic E-state index is -0.752. The Morgan fingerprint density at radius 2 is 1.80 bits per heavy atom. The maximum Gasteiger partial charge on any atom is 0.306 e. The Morgan fingerprint density at radius 1 is 1.03 bits per heavy atom. The molecule has 0 fully saturated rings. The van der Waals surface area contributed by atoms with Crippen LogP contribution in [0.1, 0.15) is 77.5 Å². The number of aryl methyl sites for hydroxylation is 1. The van der Waals surface area contributed by atoms with Gasteiger partial charge in [-0.3, -0.25) is 14.4 Å². The van der Waals surface area contributed by atoms with Crippen LogP contribution >= 0.6 is 0 Å². The molecule has 0 aromatic carbocycles. The standard InChI is InChI=1S/C20H34N6O4/c1-15(2)13-16-20(29)21-11-7-3-5-9-18(27)22-14-17-23-24-25-26(17)12-8-4-6-10-19(28)30-16/h15-16H,3-14H2,1-2H3,(H,21,29)(H,22,27). The van der Waals surface area contributed by atoms with Crippen LogP contribution < -0.4 is 10.6 Å². The van der Waals surface area contributed by atoms with Gasteiger partial charge in [0.05, 0.1) is 6.54 Å². The number of esters is 1. The molecule has 1 aromatic heterocycles. The van der Waals surface area contributed by atoms with Gasteiger partial charge >= 0.3 is 5.97 Å². The van der Waals surface area contributed by atoms with Crippen LogP contribution in [-0.2, 0) is 32.2 Å². The molecular formula is C20H34N6O4. The first kappa shape index (κ1) is 23.8. The number of nitrogens with one attached hydrogen (secondary N) is 2. The van der Waals surface area contributed by atoms with Crippen LogP contribution in [0.5, 0.6) is 0 Å². The van der Waals surface area contributed by atoms with E-state index in [1.54, 1.807) is 4.68 Å². The van der Waals surface area contributed by atoms with Crippen LogP contribution in [0.25, 0.3) is 0 Å². The summed E-state index contributed by atoms with van der Waals surface area (Å²) in [5, 5.41) is 17.3. The molecule has 10 nitrogen and oxygen atoms in total. The summed E-state index contributed by atoms with van der Waals surface area (Å²) < 4.78 is 7.15. The Morgan fingerprint density at radius 3 is 2.60 bits per heavy atom. The smallest absolute Gasteiger partial charge is 0.306 e. The van der Waals surface area contributed by atoms with Gasteiger partial charge in [-0.25, -0.2) is 4.68 Å². The number of tetrazole rings is 1. The zero-order chi connectivity index (χ0) is 21.8. The van der Waals surface area contributed by atoms with Crippen molar-refractivity contribution >= 4 is 17.8 Å². The molecule has 1 atom stereocenters. The van der Waals surface area contributed by atoms with Crippen LogP contribution in [0.15, 0.2) is 0 Å². The van der Waals surface area contributed by atoms with Crippen molar-refractivity contribution in [1.29, 1.82) is 0 Å². The summed E-state index contributed by atoms with van der Waals surface area (Å²) in [6.45, 7) is 5.41. The number of fused-ring (bicyclic) bond motifs is 1. The lowest BCUT2D eigenvalue weighted by Crippen LogP contribution is -2.39. The van der Waals surface area contributed by atoms with Gasteiger partial charge in [-0.15, -0.1) is 5.10 Å².